The molecule has 1 aromatic heterocycles. The number of urea groups is 1. The van der Waals surface area contributed by atoms with Crippen LogP contribution in [0.1, 0.15) is 46.0 Å². The smallest absolute Gasteiger partial charge is 0.322 e. The highest BCUT2D eigenvalue weighted by Gasteiger charge is 2.26. The fourth-order valence-corrected chi connectivity index (χ4v) is 3.46. The van der Waals surface area contributed by atoms with Crippen LogP contribution in [-0.4, -0.2) is 38.5 Å². The van der Waals surface area contributed by atoms with Crippen LogP contribution in [0.3, 0.4) is 0 Å². The minimum atomic E-state index is 0.0116. The van der Waals surface area contributed by atoms with Crippen LogP contribution in [0, 0.1) is 5.92 Å². The van der Waals surface area contributed by atoms with Crippen molar-refractivity contribution in [3.05, 3.63) is 36.7 Å². The van der Waals surface area contributed by atoms with E-state index in [1.807, 2.05) is 29.2 Å². The van der Waals surface area contributed by atoms with Gasteiger partial charge in [0.2, 0.25) is 0 Å². The predicted molar refractivity (Wildman–Crippen MR) is 98.8 cm³/mol. The van der Waals surface area contributed by atoms with Gasteiger partial charge in [0.05, 0.1) is 18.1 Å². The second-order valence-corrected chi connectivity index (χ2v) is 7.12. The number of nitrogens with one attached hydrogen (secondary N) is 1. The van der Waals surface area contributed by atoms with E-state index >= 15 is 0 Å². The third kappa shape index (κ3) is 4.59. The number of carbonyl (C=O) groups excluding carboxylic acids is 1. The molecule has 1 N–H and O–H groups in total. The molecule has 25 heavy (non-hydrogen) atoms. The van der Waals surface area contributed by atoms with Gasteiger partial charge in [0.1, 0.15) is 0 Å². The lowest BCUT2D eigenvalue weighted by Crippen LogP contribution is -2.43. The van der Waals surface area contributed by atoms with Gasteiger partial charge < -0.3 is 10.2 Å². The minimum absolute atomic E-state index is 0.0116. The Morgan fingerprint density at radius 2 is 1.88 bits per heavy atom. The topological polar surface area (TPSA) is 63.1 Å². The zero-order valence-electron chi connectivity index (χ0n) is 15.1. The largest absolute Gasteiger partial charge is 0.322 e. The first-order valence-electron chi connectivity index (χ1n) is 9.18. The highest BCUT2D eigenvalue weighted by molar-refractivity contribution is 5.89. The molecule has 2 heterocycles. The summed E-state index contributed by atoms with van der Waals surface area (Å²) in [4.78, 5) is 16.4. The van der Waals surface area contributed by atoms with Crippen LogP contribution in [-0.2, 0) is 0 Å². The second kappa shape index (κ2) is 8.14. The number of carbonyl (C=O) groups is 1. The van der Waals surface area contributed by atoms with Gasteiger partial charge in [0.25, 0.3) is 0 Å². The number of anilines is 1. The molecule has 0 spiro atoms. The van der Waals surface area contributed by atoms with Gasteiger partial charge in [-0.1, -0.05) is 26.7 Å². The zero-order chi connectivity index (χ0) is 17.6. The molecule has 134 valence electrons. The number of aromatic nitrogens is 3. The van der Waals surface area contributed by atoms with E-state index in [2.05, 4.69) is 29.4 Å². The van der Waals surface area contributed by atoms with Crippen molar-refractivity contribution in [2.45, 2.75) is 52.0 Å². The van der Waals surface area contributed by atoms with E-state index in [-0.39, 0.29) is 6.03 Å². The number of likely N-dealkylation sites (tertiary alicyclic amines) is 1. The van der Waals surface area contributed by atoms with Gasteiger partial charge in [0.15, 0.2) is 0 Å². The lowest BCUT2D eigenvalue weighted by atomic mass is 9.99. The molecule has 0 radical (unpaired) electrons. The van der Waals surface area contributed by atoms with Gasteiger partial charge >= 0.3 is 6.03 Å². The van der Waals surface area contributed by atoms with E-state index in [9.17, 15) is 4.79 Å². The SMILES string of the molecule is CC(C)C[C@@H]1CCCCCN1C(=O)Nc1ccc(-n2nccn2)cc1. The molecule has 1 aliphatic rings. The van der Waals surface area contributed by atoms with Crippen LogP contribution in [0.4, 0.5) is 10.5 Å². The van der Waals surface area contributed by atoms with Crippen LogP contribution >= 0.6 is 0 Å². The summed E-state index contributed by atoms with van der Waals surface area (Å²) in [5, 5.41) is 11.3. The third-order valence-electron chi connectivity index (χ3n) is 4.65. The molecule has 2 aromatic rings. The molecule has 0 bridgehead atoms. The van der Waals surface area contributed by atoms with Crippen molar-refractivity contribution in [3.8, 4) is 5.69 Å². The summed E-state index contributed by atoms with van der Waals surface area (Å²) in [5.41, 5.74) is 1.67. The fraction of sp³-hybridized carbons (Fsp3) is 0.526. The van der Waals surface area contributed by atoms with Crippen LogP contribution < -0.4 is 5.32 Å². The first-order valence-corrected chi connectivity index (χ1v) is 9.18. The summed E-state index contributed by atoms with van der Waals surface area (Å²) < 4.78 is 0. The van der Waals surface area contributed by atoms with E-state index in [1.165, 1.54) is 12.8 Å². The quantitative estimate of drug-likeness (QED) is 0.911. The first-order chi connectivity index (χ1) is 12.1. The van der Waals surface area contributed by atoms with Crippen molar-refractivity contribution < 1.29 is 4.79 Å². The molecule has 1 atom stereocenters. The Hall–Kier alpha value is -2.37. The normalized spacial score (nSPS) is 18.2. The van der Waals surface area contributed by atoms with Crippen molar-refractivity contribution in [1.29, 1.82) is 0 Å². The molecule has 3 rings (SSSR count). The van der Waals surface area contributed by atoms with Gasteiger partial charge in [-0.3, -0.25) is 0 Å². The first kappa shape index (κ1) is 17.5. The van der Waals surface area contributed by atoms with Crippen molar-refractivity contribution >= 4 is 11.7 Å². The van der Waals surface area contributed by atoms with Gasteiger partial charge in [0, 0.05) is 18.3 Å². The molecular weight excluding hydrogens is 314 g/mol. The molecule has 0 aliphatic carbocycles. The third-order valence-corrected chi connectivity index (χ3v) is 4.65. The summed E-state index contributed by atoms with van der Waals surface area (Å²) >= 11 is 0. The standard InChI is InChI=1S/C19H27N5O/c1-15(2)14-18-6-4-3-5-13-23(18)19(25)22-16-7-9-17(10-8-16)24-20-11-12-21-24/h7-12,15,18H,3-6,13-14H2,1-2H3,(H,22,25)/t18-/m0/s1. The van der Waals surface area contributed by atoms with E-state index in [1.54, 1.807) is 17.2 Å². The van der Waals surface area contributed by atoms with E-state index in [0.29, 0.717) is 12.0 Å². The molecule has 1 fully saturated rings. The molecule has 0 saturated carbocycles. The summed E-state index contributed by atoms with van der Waals surface area (Å²) in [7, 11) is 0. The Balaban J connectivity index is 1.67. The molecular formula is C19H27N5O. The van der Waals surface area contributed by atoms with Crippen molar-refractivity contribution in [2.24, 2.45) is 5.92 Å². The number of amides is 2. The lowest BCUT2D eigenvalue weighted by molar-refractivity contribution is 0.178. The van der Waals surface area contributed by atoms with Crippen molar-refractivity contribution in [3.63, 3.8) is 0 Å². The van der Waals surface area contributed by atoms with Crippen molar-refractivity contribution in [1.82, 2.24) is 19.9 Å². The fourth-order valence-electron chi connectivity index (χ4n) is 3.46. The summed E-state index contributed by atoms with van der Waals surface area (Å²) in [6, 6.07) is 7.96. The van der Waals surface area contributed by atoms with E-state index in [0.717, 1.165) is 37.2 Å². The molecule has 6 nitrogen and oxygen atoms in total. The molecule has 2 amide bonds. The Labute approximate surface area is 149 Å². The van der Waals surface area contributed by atoms with Crippen LogP contribution in [0.25, 0.3) is 5.69 Å². The van der Waals surface area contributed by atoms with Gasteiger partial charge in [-0.15, -0.1) is 0 Å². The van der Waals surface area contributed by atoms with Crippen molar-refractivity contribution in [2.75, 3.05) is 11.9 Å². The number of hydrogen-bond donors (Lipinski definition) is 1. The Kier molecular flexibility index (Phi) is 5.68. The Bertz CT molecular complexity index is 666. The monoisotopic (exact) mass is 341 g/mol. The highest BCUT2D eigenvalue weighted by atomic mass is 16.2. The average Bonchev–Trinajstić information content (AvgIpc) is 3.02. The van der Waals surface area contributed by atoms with Crippen LogP contribution in [0.5, 0.6) is 0 Å². The van der Waals surface area contributed by atoms with Gasteiger partial charge in [-0.2, -0.15) is 15.0 Å². The molecule has 1 aliphatic heterocycles. The summed E-state index contributed by atoms with van der Waals surface area (Å²) in [5.74, 6) is 0.597. The average molecular weight is 341 g/mol. The van der Waals surface area contributed by atoms with Gasteiger partial charge in [-0.05, 0) is 49.4 Å². The molecule has 0 unspecified atom stereocenters. The van der Waals surface area contributed by atoms with E-state index < -0.39 is 0 Å². The number of benzene rings is 1. The highest BCUT2D eigenvalue weighted by Crippen LogP contribution is 2.23. The molecule has 1 saturated heterocycles. The molecule has 1 aromatic carbocycles. The predicted octanol–water partition coefficient (Wildman–Crippen LogP) is 4.09. The summed E-state index contributed by atoms with van der Waals surface area (Å²) in [6.07, 6.45) is 8.98. The van der Waals surface area contributed by atoms with E-state index in [4.69, 9.17) is 0 Å². The maximum Gasteiger partial charge on any atom is 0.322 e. The second-order valence-electron chi connectivity index (χ2n) is 7.12. The Morgan fingerprint density at radius 3 is 2.56 bits per heavy atom. The molecule has 6 heteroatoms. The maximum absolute atomic E-state index is 12.8. The maximum atomic E-state index is 12.8. The Morgan fingerprint density at radius 1 is 1.16 bits per heavy atom. The number of rotatable bonds is 4. The lowest BCUT2D eigenvalue weighted by Gasteiger charge is -2.31. The minimum Gasteiger partial charge on any atom is -0.322 e. The van der Waals surface area contributed by atoms with Gasteiger partial charge in [-0.25, -0.2) is 4.79 Å². The zero-order valence-corrected chi connectivity index (χ0v) is 15.1. The summed E-state index contributed by atoms with van der Waals surface area (Å²) in [6.45, 7) is 5.30. The van der Waals surface area contributed by atoms with Crippen LogP contribution in [0.2, 0.25) is 0 Å². The number of nitrogens with zero attached hydrogens (tertiary/aromatic N) is 4. The van der Waals surface area contributed by atoms with Crippen LogP contribution in [0.15, 0.2) is 36.7 Å². The number of hydrogen-bond acceptors (Lipinski definition) is 3.